The molecule has 4 rings (SSSR count). The second-order valence-electron chi connectivity index (χ2n) is 6.63. The van der Waals surface area contributed by atoms with Crippen LogP contribution in [-0.4, -0.2) is 54.1 Å². The number of carbonyl (C=O) groups is 1. The molecule has 1 aliphatic heterocycles. The van der Waals surface area contributed by atoms with Gasteiger partial charge in [-0.05, 0) is 43.3 Å². The first kappa shape index (κ1) is 17.3. The normalized spacial score (nSPS) is 14.4. The van der Waals surface area contributed by atoms with Crippen molar-refractivity contribution >= 4 is 22.8 Å². The molecule has 1 aromatic heterocycles. The minimum Gasteiger partial charge on any atom is -0.497 e. The third-order valence-electron chi connectivity index (χ3n) is 4.92. The Morgan fingerprint density at radius 3 is 2.19 bits per heavy atom. The third kappa shape index (κ3) is 3.43. The summed E-state index contributed by atoms with van der Waals surface area (Å²) in [5.74, 6) is 1.71. The lowest BCUT2D eigenvalue weighted by Gasteiger charge is -2.36. The summed E-state index contributed by atoms with van der Waals surface area (Å²) >= 11 is 0. The summed E-state index contributed by atoms with van der Waals surface area (Å²) in [6, 6.07) is 15.2. The Labute approximate surface area is 158 Å². The van der Waals surface area contributed by atoms with E-state index in [0.717, 1.165) is 41.4 Å². The largest absolute Gasteiger partial charge is 0.497 e. The number of amides is 1. The topological polar surface area (TPSA) is 58.6 Å². The summed E-state index contributed by atoms with van der Waals surface area (Å²) in [5.41, 5.74) is 3.41. The molecule has 6 nitrogen and oxygen atoms in total. The standard InChI is InChI=1S/C21H22N4O2/c1-15-20(23-19-6-4-3-5-18(19)22-15)24-11-13-25(14-12-24)21(26)16-7-9-17(27-2)10-8-16/h3-10H,11-14H2,1-2H3. The number of aryl methyl sites for hydroxylation is 1. The number of hydrogen-bond acceptors (Lipinski definition) is 5. The van der Waals surface area contributed by atoms with Gasteiger partial charge in [0, 0.05) is 31.7 Å². The first-order valence-electron chi connectivity index (χ1n) is 9.07. The molecule has 0 N–H and O–H groups in total. The van der Waals surface area contributed by atoms with Crippen LogP contribution in [0.3, 0.4) is 0 Å². The molecule has 2 aromatic carbocycles. The van der Waals surface area contributed by atoms with Crippen LogP contribution >= 0.6 is 0 Å². The van der Waals surface area contributed by atoms with E-state index < -0.39 is 0 Å². The molecule has 1 aliphatic rings. The Morgan fingerprint density at radius 1 is 0.926 bits per heavy atom. The smallest absolute Gasteiger partial charge is 0.253 e. The van der Waals surface area contributed by atoms with Crippen molar-refractivity contribution in [1.82, 2.24) is 14.9 Å². The summed E-state index contributed by atoms with van der Waals surface area (Å²) < 4.78 is 5.15. The van der Waals surface area contributed by atoms with Crippen LogP contribution in [-0.2, 0) is 0 Å². The quantitative estimate of drug-likeness (QED) is 0.717. The van der Waals surface area contributed by atoms with Crippen LogP contribution in [0.15, 0.2) is 48.5 Å². The second kappa shape index (κ2) is 7.23. The molecule has 0 atom stereocenters. The van der Waals surface area contributed by atoms with E-state index >= 15 is 0 Å². The van der Waals surface area contributed by atoms with Crippen LogP contribution in [0.1, 0.15) is 16.1 Å². The summed E-state index contributed by atoms with van der Waals surface area (Å²) in [4.78, 5) is 26.3. The highest BCUT2D eigenvalue weighted by Gasteiger charge is 2.24. The number of rotatable bonds is 3. The van der Waals surface area contributed by atoms with E-state index in [2.05, 4.69) is 9.88 Å². The maximum absolute atomic E-state index is 12.7. The van der Waals surface area contributed by atoms with E-state index in [4.69, 9.17) is 9.72 Å². The molecule has 1 fully saturated rings. The first-order chi connectivity index (χ1) is 13.2. The molecule has 27 heavy (non-hydrogen) atoms. The van der Waals surface area contributed by atoms with E-state index in [9.17, 15) is 4.79 Å². The van der Waals surface area contributed by atoms with Crippen LogP contribution in [0, 0.1) is 6.92 Å². The zero-order valence-electron chi connectivity index (χ0n) is 15.6. The lowest BCUT2D eigenvalue weighted by Crippen LogP contribution is -2.49. The molecule has 6 heteroatoms. The van der Waals surface area contributed by atoms with Crippen molar-refractivity contribution in [2.24, 2.45) is 0 Å². The number of aromatic nitrogens is 2. The molecule has 138 valence electrons. The van der Waals surface area contributed by atoms with Gasteiger partial charge in [-0.25, -0.2) is 9.97 Å². The van der Waals surface area contributed by atoms with Gasteiger partial charge in [0.15, 0.2) is 5.82 Å². The molecule has 0 radical (unpaired) electrons. The highest BCUT2D eigenvalue weighted by molar-refractivity contribution is 5.94. The van der Waals surface area contributed by atoms with Gasteiger partial charge in [-0.2, -0.15) is 0 Å². The minimum atomic E-state index is 0.0543. The van der Waals surface area contributed by atoms with Crippen molar-refractivity contribution in [3.63, 3.8) is 0 Å². The van der Waals surface area contributed by atoms with Gasteiger partial charge in [-0.1, -0.05) is 12.1 Å². The van der Waals surface area contributed by atoms with Gasteiger partial charge in [0.2, 0.25) is 0 Å². The molecular formula is C21H22N4O2. The second-order valence-corrected chi connectivity index (χ2v) is 6.63. The Kier molecular flexibility index (Phi) is 4.62. The number of hydrogen-bond donors (Lipinski definition) is 0. The third-order valence-corrected chi connectivity index (χ3v) is 4.92. The highest BCUT2D eigenvalue weighted by Crippen LogP contribution is 2.22. The number of methoxy groups -OCH3 is 1. The van der Waals surface area contributed by atoms with E-state index in [1.807, 2.05) is 60.4 Å². The number of piperazine rings is 1. The Hall–Kier alpha value is -3.15. The lowest BCUT2D eigenvalue weighted by molar-refractivity contribution is 0.0746. The van der Waals surface area contributed by atoms with Crippen molar-refractivity contribution in [3.8, 4) is 5.75 Å². The van der Waals surface area contributed by atoms with Crippen LogP contribution in [0.2, 0.25) is 0 Å². The predicted octanol–water partition coefficient (Wildman–Crippen LogP) is 2.91. The van der Waals surface area contributed by atoms with E-state index in [1.54, 1.807) is 7.11 Å². The molecule has 0 saturated carbocycles. The van der Waals surface area contributed by atoms with Gasteiger partial charge in [-0.15, -0.1) is 0 Å². The molecule has 0 unspecified atom stereocenters. The van der Waals surface area contributed by atoms with Crippen molar-refractivity contribution < 1.29 is 9.53 Å². The SMILES string of the molecule is COc1ccc(C(=O)N2CCN(c3nc4ccccc4nc3C)CC2)cc1. The van der Waals surface area contributed by atoms with Gasteiger partial charge in [0.25, 0.3) is 5.91 Å². The van der Waals surface area contributed by atoms with Crippen LogP contribution in [0.4, 0.5) is 5.82 Å². The average Bonchev–Trinajstić information content (AvgIpc) is 2.73. The lowest BCUT2D eigenvalue weighted by atomic mass is 10.1. The zero-order chi connectivity index (χ0) is 18.8. The maximum Gasteiger partial charge on any atom is 0.253 e. The Morgan fingerprint density at radius 2 is 1.56 bits per heavy atom. The fourth-order valence-corrected chi connectivity index (χ4v) is 3.42. The minimum absolute atomic E-state index is 0.0543. The van der Waals surface area contributed by atoms with Gasteiger partial charge in [-0.3, -0.25) is 4.79 Å². The van der Waals surface area contributed by atoms with Gasteiger partial charge < -0.3 is 14.5 Å². The average molecular weight is 362 g/mol. The number of benzene rings is 2. The zero-order valence-corrected chi connectivity index (χ0v) is 15.6. The Balaban J connectivity index is 1.47. The monoisotopic (exact) mass is 362 g/mol. The van der Waals surface area contributed by atoms with Gasteiger partial charge >= 0.3 is 0 Å². The summed E-state index contributed by atoms with van der Waals surface area (Å²) in [6.45, 7) is 4.81. The van der Waals surface area contributed by atoms with Crippen molar-refractivity contribution in [2.75, 3.05) is 38.2 Å². The number of anilines is 1. The van der Waals surface area contributed by atoms with E-state index in [1.165, 1.54) is 0 Å². The molecular weight excluding hydrogens is 340 g/mol. The molecule has 0 bridgehead atoms. The van der Waals surface area contributed by atoms with Crippen molar-refractivity contribution in [1.29, 1.82) is 0 Å². The van der Waals surface area contributed by atoms with E-state index in [0.29, 0.717) is 18.7 Å². The first-order valence-corrected chi connectivity index (χ1v) is 9.07. The summed E-state index contributed by atoms with van der Waals surface area (Å²) in [5, 5.41) is 0. The van der Waals surface area contributed by atoms with Crippen LogP contribution < -0.4 is 9.64 Å². The summed E-state index contributed by atoms with van der Waals surface area (Å²) in [7, 11) is 1.62. The highest BCUT2D eigenvalue weighted by atomic mass is 16.5. The number of ether oxygens (including phenoxy) is 1. The molecule has 1 saturated heterocycles. The van der Waals surface area contributed by atoms with E-state index in [-0.39, 0.29) is 5.91 Å². The fraction of sp³-hybridized carbons (Fsp3) is 0.286. The molecule has 1 amide bonds. The predicted molar refractivity (Wildman–Crippen MR) is 105 cm³/mol. The number of para-hydroxylation sites is 2. The molecule has 0 spiro atoms. The molecule has 0 aliphatic carbocycles. The van der Waals surface area contributed by atoms with Crippen LogP contribution in [0.5, 0.6) is 5.75 Å². The molecule has 2 heterocycles. The summed E-state index contributed by atoms with van der Waals surface area (Å²) in [6.07, 6.45) is 0. The van der Waals surface area contributed by atoms with Crippen LogP contribution in [0.25, 0.3) is 11.0 Å². The van der Waals surface area contributed by atoms with Gasteiger partial charge in [0.1, 0.15) is 5.75 Å². The maximum atomic E-state index is 12.7. The van der Waals surface area contributed by atoms with Crippen molar-refractivity contribution in [2.45, 2.75) is 6.92 Å². The fourth-order valence-electron chi connectivity index (χ4n) is 3.42. The number of fused-ring (bicyclic) bond motifs is 1. The number of carbonyl (C=O) groups excluding carboxylic acids is 1. The van der Waals surface area contributed by atoms with Gasteiger partial charge in [0.05, 0.1) is 23.8 Å². The number of nitrogens with zero attached hydrogens (tertiary/aromatic N) is 4. The molecule has 3 aromatic rings. The Bertz CT molecular complexity index is 964. The van der Waals surface area contributed by atoms with Crippen molar-refractivity contribution in [3.05, 3.63) is 59.8 Å².